The van der Waals surface area contributed by atoms with E-state index in [0.717, 1.165) is 21.8 Å². The Morgan fingerprint density at radius 3 is 2.85 bits per heavy atom. The van der Waals surface area contributed by atoms with Crippen LogP contribution in [0.3, 0.4) is 0 Å². The van der Waals surface area contributed by atoms with E-state index in [2.05, 4.69) is 10.5 Å². The molecule has 2 N–H and O–H groups in total. The summed E-state index contributed by atoms with van der Waals surface area (Å²) >= 11 is 0. The molecule has 2 heterocycles. The Morgan fingerprint density at radius 1 is 1.15 bits per heavy atom. The number of hydrogen-bond donors (Lipinski definition) is 2. The van der Waals surface area contributed by atoms with Gasteiger partial charge in [-0.3, -0.25) is 0 Å². The summed E-state index contributed by atoms with van der Waals surface area (Å²) in [6, 6.07) is 17.0. The van der Waals surface area contributed by atoms with Crippen LogP contribution in [-0.2, 0) is 23.5 Å². The first-order valence-electron chi connectivity index (χ1n) is 8.36. The highest BCUT2D eigenvalue weighted by molar-refractivity contribution is 5.92. The number of pyridine rings is 1. The van der Waals surface area contributed by atoms with Gasteiger partial charge in [0, 0.05) is 23.0 Å². The van der Waals surface area contributed by atoms with Gasteiger partial charge in [0.25, 0.3) is 0 Å². The van der Waals surface area contributed by atoms with Crippen molar-refractivity contribution in [2.45, 2.75) is 6.73 Å². The number of anilines is 1. The number of nitrogens with zero attached hydrogens (tertiary/aromatic N) is 2. The number of aromatic nitrogens is 2. The normalized spacial score (nSPS) is 11.0. The van der Waals surface area contributed by atoms with E-state index < -0.39 is 0 Å². The number of carbonyl (C=O) groups is 1. The van der Waals surface area contributed by atoms with E-state index in [1.54, 1.807) is 12.3 Å². The van der Waals surface area contributed by atoms with Crippen molar-refractivity contribution >= 4 is 33.5 Å². The topological polar surface area (TPSA) is 76.6 Å². The standard InChI is InChI=1S/C20H17N3O4/c1-22-12-16(10-14-4-2-3-5-18(14)22)20(24)26-13-23-9-8-15-11-17(21-27-25)6-7-19(15)23/h2-12,21H,13H2,1H3/p+1. The van der Waals surface area contributed by atoms with Gasteiger partial charge in [-0.25, -0.2) is 20.1 Å². The second-order valence-corrected chi connectivity index (χ2v) is 6.21. The highest BCUT2D eigenvalue weighted by atomic mass is 17.2. The molecule has 7 heteroatoms. The van der Waals surface area contributed by atoms with Crippen LogP contribution < -0.4 is 10.0 Å². The Kier molecular flexibility index (Phi) is 4.45. The smallest absolute Gasteiger partial charge is 0.345 e. The zero-order valence-electron chi connectivity index (χ0n) is 14.6. The molecule has 0 saturated heterocycles. The van der Waals surface area contributed by atoms with Gasteiger partial charge in [-0.15, -0.1) is 4.99 Å². The largest absolute Gasteiger partial charge is 0.440 e. The van der Waals surface area contributed by atoms with Crippen molar-refractivity contribution in [1.82, 2.24) is 4.57 Å². The molecule has 0 spiro atoms. The SMILES string of the molecule is C[n+]1cc(C(=O)OCn2ccc3cc(NOO)ccc32)cc2ccccc21. The molecular formula is C20H18N3O4+. The summed E-state index contributed by atoms with van der Waals surface area (Å²) < 4.78 is 9.24. The quantitative estimate of drug-likeness (QED) is 0.246. The first kappa shape index (κ1) is 17.0. The minimum atomic E-state index is -0.384. The molecule has 27 heavy (non-hydrogen) atoms. The monoisotopic (exact) mass is 364 g/mol. The maximum absolute atomic E-state index is 12.5. The third-order valence-corrected chi connectivity index (χ3v) is 4.47. The van der Waals surface area contributed by atoms with Gasteiger partial charge in [0.1, 0.15) is 12.6 Å². The minimum absolute atomic E-state index is 0.0994. The number of benzene rings is 2. The van der Waals surface area contributed by atoms with Gasteiger partial charge >= 0.3 is 5.97 Å². The number of rotatable bonds is 5. The van der Waals surface area contributed by atoms with Crippen molar-refractivity contribution in [1.29, 1.82) is 0 Å². The molecule has 0 aliphatic heterocycles. The van der Waals surface area contributed by atoms with Gasteiger partial charge < -0.3 is 9.30 Å². The number of hydrogen-bond acceptors (Lipinski definition) is 5. The van der Waals surface area contributed by atoms with Crippen molar-refractivity contribution in [3.05, 3.63) is 72.6 Å². The fourth-order valence-corrected chi connectivity index (χ4v) is 3.17. The second-order valence-electron chi connectivity index (χ2n) is 6.21. The number of ether oxygens (including phenoxy) is 1. The Balaban J connectivity index is 1.53. The van der Waals surface area contributed by atoms with Gasteiger partial charge in [0.15, 0.2) is 12.9 Å². The summed E-state index contributed by atoms with van der Waals surface area (Å²) in [7, 11) is 1.90. The highest BCUT2D eigenvalue weighted by Gasteiger charge is 2.15. The van der Waals surface area contributed by atoms with E-state index in [-0.39, 0.29) is 12.7 Å². The molecule has 2 aromatic heterocycles. The van der Waals surface area contributed by atoms with Crippen molar-refractivity contribution in [2.24, 2.45) is 7.05 Å². The average Bonchev–Trinajstić information content (AvgIpc) is 3.08. The van der Waals surface area contributed by atoms with E-state index in [1.807, 2.05) is 70.9 Å². The fourth-order valence-electron chi connectivity index (χ4n) is 3.17. The molecule has 0 aliphatic rings. The summed E-state index contributed by atoms with van der Waals surface area (Å²) in [6.45, 7) is 0.0994. The lowest BCUT2D eigenvalue weighted by atomic mass is 10.1. The molecular weight excluding hydrogens is 346 g/mol. The molecule has 0 atom stereocenters. The average molecular weight is 364 g/mol. The second kappa shape index (κ2) is 7.06. The number of nitrogens with one attached hydrogen (secondary N) is 1. The van der Waals surface area contributed by atoms with Crippen molar-refractivity contribution in [3.8, 4) is 0 Å². The summed E-state index contributed by atoms with van der Waals surface area (Å²) in [5, 5.41) is 10.4. The van der Waals surface area contributed by atoms with Crippen LogP contribution in [0.2, 0.25) is 0 Å². The summed E-state index contributed by atoms with van der Waals surface area (Å²) in [5.41, 5.74) is 5.41. The van der Waals surface area contributed by atoms with Gasteiger partial charge in [-0.05, 0) is 36.4 Å². The van der Waals surface area contributed by atoms with Crippen molar-refractivity contribution in [2.75, 3.05) is 5.48 Å². The van der Waals surface area contributed by atoms with E-state index in [9.17, 15) is 4.79 Å². The number of carbonyl (C=O) groups excluding carboxylic acids is 1. The van der Waals surface area contributed by atoms with E-state index in [1.165, 1.54) is 0 Å². The van der Waals surface area contributed by atoms with Crippen LogP contribution in [-0.4, -0.2) is 15.8 Å². The number of fused-ring (bicyclic) bond motifs is 2. The molecule has 0 bridgehead atoms. The number of aryl methyl sites for hydroxylation is 1. The van der Waals surface area contributed by atoms with Crippen LogP contribution in [0.25, 0.3) is 21.8 Å². The molecule has 0 fully saturated rings. The van der Waals surface area contributed by atoms with Crippen LogP contribution in [0.15, 0.2) is 67.0 Å². The lowest BCUT2D eigenvalue weighted by Crippen LogP contribution is -2.30. The van der Waals surface area contributed by atoms with Gasteiger partial charge in [-0.1, -0.05) is 12.1 Å². The van der Waals surface area contributed by atoms with Crippen molar-refractivity contribution < 1.29 is 24.3 Å². The Labute approximate surface area is 154 Å². The third kappa shape index (κ3) is 3.33. The molecule has 2 aromatic carbocycles. The lowest BCUT2D eigenvalue weighted by Gasteiger charge is -2.08. The van der Waals surface area contributed by atoms with Crippen LogP contribution in [0.5, 0.6) is 0 Å². The highest BCUT2D eigenvalue weighted by Crippen LogP contribution is 2.21. The van der Waals surface area contributed by atoms with E-state index in [0.29, 0.717) is 11.3 Å². The molecule has 4 aromatic rings. The Hall–Kier alpha value is -3.42. The minimum Gasteiger partial charge on any atom is -0.440 e. The third-order valence-electron chi connectivity index (χ3n) is 4.47. The van der Waals surface area contributed by atoms with Crippen LogP contribution >= 0.6 is 0 Å². The Bertz CT molecular complexity index is 1140. The fraction of sp³-hybridized carbons (Fsp3) is 0.100. The van der Waals surface area contributed by atoms with Crippen LogP contribution in [0.1, 0.15) is 10.4 Å². The lowest BCUT2D eigenvalue weighted by molar-refractivity contribution is -0.645. The molecule has 7 nitrogen and oxygen atoms in total. The summed E-state index contributed by atoms with van der Waals surface area (Å²) in [6.07, 6.45) is 3.60. The maximum atomic E-state index is 12.5. The molecule has 0 aliphatic carbocycles. The molecule has 0 amide bonds. The first-order chi connectivity index (χ1) is 13.2. The van der Waals surface area contributed by atoms with E-state index >= 15 is 0 Å². The molecule has 136 valence electrons. The Morgan fingerprint density at radius 2 is 2.00 bits per heavy atom. The summed E-state index contributed by atoms with van der Waals surface area (Å²) in [5.74, 6) is -0.384. The van der Waals surface area contributed by atoms with Crippen molar-refractivity contribution in [3.63, 3.8) is 0 Å². The van der Waals surface area contributed by atoms with Crippen LogP contribution in [0.4, 0.5) is 5.69 Å². The number of esters is 1. The van der Waals surface area contributed by atoms with Gasteiger partial charge in [-0.2, -0.15) is 0 Å². The molecule has 0 radical (unpaired) electrons. The van der Waals surface area contributed by atoms with E-state index in [4.69, 9.17) is 9.99 Å². The molecule has 0 saturated carbocycles. The number of para-hydroxylation sites is 1. The van der Waals surface area contributed by atoms with Gasteiger partial charge in [0.2, 0.25) is 5.52 Å². The van der Waals surface area contributed by atoms with Crippen LogP contribution in [0, 0.1) is 0 Å². The molecule has 0 unspecified atom stereocenters. The predicted molar refractivity (Wildman–Crippen MR) is 99.8 cm³/mol. The maximum Gasteiger partial charge on any atom is 0.345 e. The predicted octanol–water partition coefficient (Wildman–Crippen LogP) is 3.25. The summed E-state index contributed by atoms with van der Waals surface area (Å²) in [4.78, 5) is 16.4. The first-order valence-corrected chi connectivity index (χ1v) is 8.36. The zero-order chi connectivity index (χ0) is 18.8. The zero-order valence-corrected chi connectivity index (χ0v) is 14.6. The molecule has 4 rings (SSSR count). The van der Waals surface area contributed by atoms with Gasteiger partial charge in [0.05, 0.1) is 11.2 Å².